The molecule has 4 heteroatoms. The smallest absolute Gasteiger partial charge is 0.343 e. The molecule has 3 rings (SSSR count). The molecular formula is C33H39NO3. The molecular weight excluding hydrogens is 458 g/mol. The molecule has 0 aliphatic heterocycles. The van der Waals surface area contributed by atoms with Gasteiger partial charge in [-0.2, -0.15) is 5.26 Å². The number of esters is 1. The minimum absolute atomic E-state index is 0.380. The first-order valence-electron chi connectivity index (χ1n) is 13.6. The molecule has 0 fully saturated rings. The molecule has 0 spiro atoms. The lowest BCUT2D eigenvalue weighted by Crippen LogP contribution is -2.10. The van der Waals surface area contributed by atoms with Gasteiger partial charge in [0, 0.05) is 0 Å². The Balaban J connectivity index is 1.53. The Kier molecular flexibility index (Phi) is 11.2. The zero-order chi connectivity index (χ0) is 26.5. The highest BCUT2D eigenvalue weighted by Crippen LogP contribution is 2.26. The minimum atomic E-state index is -0.466. The number of hydrogen-bond acceptors (Lipinski definition) is 4. The van der Waals surface area contributed by atoms with Gasteiger partial charge in [-0.1, -0.05) is 89.6 Å². The van der Waals surface area contributed by atoms with Crippen LogP contribution in [0.15, 0.2) is 66.7 Å². The Morgan fingerprint density at radius 3 is 2.08 bits per heavy atom. The van der Waals surface area contributed by atoms with Crippen molar-refractivity contribution < 1.29 is 14.3 Å². The molecule has 0 N–H and O–H groups in total. The molecule has 0 aliphatic rings. The lowest BCUT2D eigenvalue weighted by atomic mass is 9.94. The molecule has 0 amide bonds. The molecule has 0 heterocycles. The second-order valence-corrected chi connectivity index (χ2v) is 9.76. The van der Waals surface area contributed by atoms with Crippen LogP contribution in [-0.2, 0) is 6.42 Å². The van der Waals surface area contributed by atoms with Gasteiger partial charge in [0.15, 0.2) is 0 Å². The van der Waals surface area contributed by atoms with E-state index in [1.807, 2.05) is 42.5 Å². The van der Waals surface area contributed by atoms with Crippen LogP contribution in [0.5, 0.6) is 11.5 Å². The Bertz CT molecular complexity index is 1160. The van der Waals surface area contributed by atoms with Crippen molar-refractivity contribution in [3.05, 3.63) is 83.4 Å². The third-order valence-corrected chi connectivity index (χ3v) is 6.75. The Morgan fingerprint density at radius 2 is 1.46 bits per heavy atom. The summed E-state index contributed by atoms with van der Waals surface area (Å²) in [6.45, 7) is 7.28. The van der Waals surface area contributed by atoms with E-state index >= 15 is 0 Å². The number of nitriles is 1. The largest absolute Gasteiger partial charge is 0.494 e. The molecule has 0 saturated heterocycles. The van der Waals surface area contributed by atoms with Gasteiger partial charge in [-0.25, -0.2) is 4.79 Å². The van der Waals surface area contributed by atoms with Gasteiger partial charge in [0.2, 0.25) is 0 Å². The first kappa shape index (κ1) is 28.0. The summed E-state index contributed by atoms with van der Waals surface area (Å²) in [5.74, 6) is 1.37. The first-order valence-corrected chi connectivity index (χ1v) is 13.6. The molecule has 1 unspecified atom stereocenters. The van der Waals surface area contributed by atoms with E-state index in [2.05, 4.69) is 26.8 Å². The van der Waals surface area contributed by atoms with Gasteiger partial charge in [-0.05, 0) is 71.8 Å². The number of carbonyl (C=O) groups excluding carboxylic acids is 1. The van der Waals surface area contributed by atoms with Crippen LogP contribution in [0.1, 0.15) is 87.2 Å². The molecule has 0 saturated carbocycles. The Labute approximate surface area is 222 Å². The Hall–Kier alpha value is -3.58. The lowest BCUT2D eigenvalue weighted by Gasteiger charge is -2.11. The average Bonchev–Trinajstić information content (AvgIpc) is 2.93. The van der Waals surface area contributed by atoms with Crippen molar-refractivity contribution in [2.75, 3.05) is 6.61 Å². The summed E-state index contributed by atoms with van der Waals surface area (Å²) in [7, 11) is 0. The number of benzene rings is 3. The van der Waals surface area contributed by atoms with E-state index in [9.17, 15) is 10.1 Å². The van der Waals surface area contributed by atoms with Gasteiger partial charge in [-0.15, -0.1) is 0 Å². The summed E-state index contributed by atoms with van der Waals surface area (Å²) in [6, 6.07) is 23.0. The van der Waals surface area contributed by atoms with E-state index in [0.717, 1.165) is 48.3 Å². The highest BCUT2D eigenvalue weighted by atomic mass is 16.5. The summed E-state index contributed by atoms with van der Waals surface area (Å²) < 4.78 is 11.4. The molecule has 1 atom stereocenters. The molecule has 194 valence electrons. The van der Waals surface area contributed by atoms with Gasteiger partial charge in [0.25, 0.3) is 0 Å². The van der Waals surface area contributed by atoms with Gasteiger partial charge < -0.3 is 9.47 Å². The van der Waals surface area contributed by atoms with Gasteiger partial charge in [-0.3, -0.25) is 0 Å². The molecule has 0 aliphatic carbocycles. The van der Waals surface area contributed by atoms with Crippen molar-refractivity contribution in [3.8, 4) is 28.7 Å². The number of unbranched alkanes of at least 4 members (excludes halogenated alkanes) is 5. The van der Waals surface area contributed by atoms with Crippen LogP contribution >= 0.6 is 0 Å². The van der Waals surface area contributed by atoms with Crippen molar-refractivity contribution in [2.45, 2.75) is 72.1 Å². The predicted molar refractivity (Wildman–Crippen MR) is 150 cm³/mol. The maximum atomic E-state index is 12.7. The third-order valence-electron chi connectivity index (χ3n) is 6.75. The average molecular weight is 498 g/mol. The SMILES string of the molecule is CCCCCCCCOc1ccc(-c2ccc(OC(=O)c3ccc(CC(C)CC)c(C#N)c3)cc2)cc1. The minimum Gasteiger partial charge on any atom is -0.494 e. The monoisotopic (exact) mass is 497 g/mol. The lowest BCUT2D eigenvalue weighted by molar-refractivity contribution is 0.0734. The Morgan fingerprint density at radius 1 is 0.838 bits per heavy atom. The highest BCUT2D eigenvalue weighted by molar-refractivity contribution is 5.91. The van der Waals surface area contributed by atoms with Crippen LogP contribution in [0, 0.1) is 17.2 Å². The van der Waals surface area contributed by atoms with Gasteiger partial charge in [0.1, 0.15) is 11.5 Å². The molecule has 3 aromatic rings. The summed E-state index contributed by atoms with van der Waals surface area (Å²) >= 11 is 0. The van der Waals surface area contributed by atoms with Crippen LogP contribution in [-0.4, -0.2) is 12.6 Å². The number of hydrogen-bond donors (Lipinski definition) is 0. The van der Waals surface area contributed by atoms with Crippen LogP contribution < -0.4 is 9.47 Å². The van der Waals surface area contributed by atoms with Crippen molar-refractivity contribution in [2.24, 2.45) is 5.92 Å². The van der Waals surface area contributed by atoms with Crippen LogP contribution in [0.3, 0.4) is 0 Å². The van der Waals surface area contributed by atoms with E-state index < -0.39 is 5.97 Å². The second kappa shape index (κ2) is 14.9. The number of rotatable bonds is 14. The molecule has 0 radical (unpaired) electrons. The summed E-state index contributed by atoms with van der Waals surface area (Å²) in [5.41, 5.74) is 3.98. The topological polar surface area (TPSA) is 59.3 Å². The van der Waals surface area contributed by atoms with Crippen molar-refractivity contribution in [3.63, 3.8) is 0 Å². The van der Waals surface area contributed by atoms with Crippen molar-refractivity contribution in [1.82, 2.24) is 0 Å². The quantitative estimate of drug-likeness (QED) is 0.127. The fourth-order valence-corrected chi connectivity index (χ4v) is 4.20. The molecule has 0 aromatic heterocycles. The maximum absolute atomic E-state index is 12.7. The van der Waals surface area contributed by atoms with Crippen molar-refractivity contribution >= 4 is 5.97 Å². The fourth-order valence-electron chi connectivity index (χ4n) is 4.20. The van der Waals surface area contributed by atoms with E-state index in [4.69, 9.17) is 9.47 Å². The standard InChI is InChI=1S/C33H39NO3/c1-4-6-7-8-9-10-21-36-31-17-13-26(14-18-31)27-15-19-32(20-16-27)37-33(35)29-12-11-28(22-25(3)5-2)30(23-29)24-34/h11-20,23,25H,4-10,21-22H2,1-3H3. The zero-order valence-electron chi connectivity index (χ0n) is 22.5. The summed E-state index contributed by atoms with van der Waals surface area (Å²) in [4.78, 5) is 12.7. The zero-order valence-corrected chi connectivity index (χ0v) is 22.5. The number of ether oxygens (including phenoxy) is 2. The van der Waals surface area contributed by atoms with E-state index in [1.54, 1.807) is 24.3 Å². The van der Waals surface area contributed by atoms with E-state index in [0.29, 0.717) is 22.8 Å². The second-order valence-electron chi connectivity index (χ2n) is 9.76. The summed E-state index contributed by atoms with van der Waals surface area (Å²) in [5, 5.41) is 9.54. The fraction of sp³-hybridized carbons (Fsp3) is 0.394. The number of nitrogens with zero attached hydrogens (tertiary/aromatic N) is 1. The van der Waals surface area contributed by atoms with Crippen LogP contribution in [0.2, 0.25) is 0 Å². The highest BCUT2D eigenvalue weighted by Gasteiger charge is 2.13. The molecule has 37 heavy (non-hydrogen) atoms. The number of carbonyl (C=O) groups is 1. The predicted octanol–water partition coefficient (Wildman–Crippen LogP) is 8.77. The van der Waals surface area contributed by atoms with E-state index in [-0.39, 0.29) is 0 Å². The molecule has 0 bridgehead atoms. The van der Waals surface area contributed by atoms with Gasteiger partial charge >= 0.3 is 5.97 Å². The normalized spacial score (nSPS) is 11.5. The molecule has 3 aromatic carbocycles. The van der Waals surface area contributed by atoms with Gasteiger partial charge in [0.05, 0.1) is 23.8 Å². The van der Waals surface area contributed by atoms with E-state index in [1.165, 1.54) is 32.1 Å². The first-order chi connectivity index (χ1) is 18.0. The van der Waals surface area contributed by atoms with Crippen LogP contribution in [0.4, 0.5) is 0 Å². The maximum Gasteiger partial charge on any atom is 0.343 e. The van der Waals surface area contributed by atoms with Crippen molar-refractivity contribution in [1.29, 1.82) is 5.26 Å². The summed E-state index contributed by atoms with van der Waals surface area (Å²) in [6.07, 6.45) is 9.37. The molecule has 4 nitrogen and oxygen atoms in total. The third kappa shape index (κ3) is 8.79. The van der Waals surface area contributed by atoms with Crippen LogP contribution in [0.25, 0.3) is 11.1 Å².